The number of nitrogens with zero attached hydrogens (tertiary/aromatic N) is 3. The Hall–Kier alpha value is -3.40. The van der Waals surface area contributed by atoms with Crippen LogP contribution in [-0.4, -0.2) is 39.7 Å². The Morgan fingerprint density at radius 3 is 2.69 bits per heavy atom. The molecular weight excluding hydrogens is 489 g/mol. The first-order valence-electron chi connectivity index (χ1n) is 11.5. The third-order valence-corrected chi connectivity index (χ3v) is 5.95. The molecule has 0 fully saturated rings. The lowest BCUT2D eigenvalue weighted by Gasteiger charge is -2.15. The van der Waals surface area contributed by atoms with Gasteiger partial charge in [0, 0.05) is 40.9 Å². The van der Waals surface area contributed by atoms with Crippen LogP contribution in [0.15, 0.2) is 64.6 Å². The summed E-state index contributed by atoms with van der Waals surface area (Å²) in [5, 5.41) is 2.90. The van der Waals surface area contributed by atoms with Crippen LogP contribution < -0.4 is 10.1 Å². The Labute approximate surface area is 211 Å². The fraction of sp³-hybridized carbons (Fsp3) is 0.308. The third kappa shape index (κ3) is 6.84. The minimum atomic E-state index is -4.41. The molecule has 6 nitrogen and oxygen atoms in total. The molecule has 0 spiro atoms. The summed E-state index contributed by atoms with van der Waals surface area (Å²) < 4.78 is 44.6. The molecule has 3 aromatic rings. The van der Waals surface area contributed by atoms with E-state index in [1.165, 1.54) is 18.2 Å². The monoisotopic (exact) mass is 514 g/mol. The number of amides is 1. The second-order valence-corrected chi connectivity index (χ2v) is 9.61. The predicted molar refractivity (Wildman–Crippen MR) is 135 cm³/mol. The smallest absolute Gasteiger partial charge is 0.446 e. The molecule has 1 N–H and O–H groups in total. The predicted octanol–water partition coefficient (Wildman–Crippen LogP) is 6.56. The summed E-state index contributed by atoms with van der Waals surface area (Å²) in [7, 11) is 0. The van der Waals surface area contributed by atoms with E-state index in [2.05, 4.69) is 20.3 Å². The van der Waals surface area contributed by atoms with Gasteiger partial charge in [0.15, 0.2) is 0 Å². The first-order chi connectivity index (χ1) is 17.2. The van der Waals surface area contributed by atoms with E-state index in [4.69, 9.17) is 4.74 Å². The van der Waals surface area contributed by atoms with Crippen LogP contribution in [0, 0.1) is 0 Å². The Kier molecular flexibility index (Phi) is 7.93. The molecular formula is C26H25F3N4O2S. The van der Waals surface area contributed by atoms with Crippen molar-refractivity contribution >= 4 is 34.4 Å². The minimum absolute atomic E-state index is 0.0323. The molecule has 0 atom stereocenters. The van der Waals surface area contributed by atoms with Crippen LogP contribution in [0.4, 0.5) is 13.2 Å². The third-order valence-electron chi connectivity index (χ3n) is 5.23. The standard InChI is InChI=1S/C26H25F3N4O2S/c1-16(2)35-25-23(17-6-3-9-20(14-17)36-26(27,28)29)32-22-15-18(10-11-21(22)33-25)24(34)31-13-5-8-19-7-4-12-30-19/h3-4,6,9-12,14-16H,5,7-8,13H2,1-2H3,(H,31,34). The lowest BCUT2D eigenvalue weighted by Crippen LogP contribution is -2.24. The molecule has 0 saturated heterocycles. The number of ether oxygens (including phenoxy) is 1. The van der Waals surface area contributed by atoms with Crippen LogP contribution in [0.1, 0.15) is 43.5 Å². The SMILES string of the molecule is CC(C)Oc1nc2ccc(C(=O)NCCCC3=NC=CC3)cc2nc1-c1cccc(SC(F)(F)F)c1. The normalized spacial score (nSPS) is 13.3. The number of carbonyl (C=O) groups is 1. The van der Waals surface area contributed by atoms with Gasteiger partial charge in [-0.1, -0.05) is 18.2 Å². The lowest BCUT2D eigenvalue weighted by atomic mass is 10.1. The van der Waals surface area contributed by atoms with Crippen molar-refractivity contribution in [2.45, 2.75) is 49.6 Å². The number of hydrogen-bond donors (Lipinski definition) is 1. The van der Waals surface area contributed by atoms with Crippen molar-refractivity contribution in [2.75, 3.05) is 6.54 Å². The Balaban J connectivity index is 1.59. The number of hydrogen-bond acceptors (Lipinski definition) is 6. The van der Waals surface area contributed by atoms with Gasteiger partial charge in [0.1, 0.15) is 5.69 Å². The van der Waals surface area contributed by atoms with E-state index in [1.807, 2.05) is 19.9 Å². The number of carbonyl (C=O) groups excluding carboxylic acids is 1. The second-order valence-electron chi connectivity index (χ2n) is 8.47. The zero-order valence-corrected chi connectivity index (χ0v) is 20.6. The number of benzene rings is 2. The molecule has 1 aromatic heterocycles. The van der Waals surface area contributed by atoms with E-state index in [1.54, 1.807) is 30.5 Å². The van der Waals surface area contributed by atoms with Gasteiger partial charge in [-0.3, -0.25) is 9.79 Å². The summed E-state index contributed by atoms with van der Waals surface area (Å²) in [4.78, 5) is 26.2. The van der Waals surface area contributed by atoms with Crippen molar-refractivity contribution in [3.63, 3.8) is 0 Å². The summed E-state index contributed by atoms with van der Waals surface area (Å²) in [6.45, 7) is 4.17. The van der Waals surface area contributed by atoms with Crippen LogP contribution in [0.2, 0.25) is 0 Å². The molecule has 36 heavy (non-hydrogen) atoms. The van der Waals surface area contributed by atoms with Crippen LogP contribution in [-0.2, 0) is 0 Å². The van der Waals surface area contributed by atoms with E-state index >= 15 is 0 Å². The number of alkyl halides is 3. The molecule has 0 unspecified atom stereocenters. The number of fused-ring (bicyclic) bond motifs is 1. The van der Waals surface area contributed by atoms with Crippen molar-refractivity contribution in [2.24, 2.45) is 4.99 Å². The van der Waals surface area contributed by atoms with Crippen molar-refractivity contribution < 1.29 is 22.7 Å². The molecule has 2 heterocycles. The molecule has 1 aliphatic heterocycles. The maximum Gasteiger partial charge on any atom is 0.446 e. The highest BCUT2D eigenvalue weighted by atomic mass is 32.2. The second kappa shape index (κ2) is 11.1. The van der Waals surface area contributed by atoms with Crippen molar-refractivity contribution in [3.05, 3.63) is 60.3 Å². The van der Waals surface area contributed by atoms with Gasteiger partial charge in [0.05, 0.1) is 17.1 Å². The molecule has 0 aliphatic carbocycles. The maximum atomic E-state index is 12.9. The van der Waals surface area contributed by atoms with Crippen LogP contribution in [0.25, 0.3) is 22.3 Å². The number of thioether (sulfide) groups is 1. The van der Waals surface area contributed by atoms with Crippen LogP contribution in [0.5, 0.6) is 5.88 Å². The zero-order valence-electron chi connectivity index (χ0n) is 19.8. The summed E-state index contributed by atoms with van der Waals surface area (Å²) in [5.74, 6) is -0.0222. The Bertz CT molecular complexity index is 1320. The minimum Gasteiger partial charge on any atom is -0.473 e. The molecule has 1 amide bonds. The Morgan fingerprint density at radius 2 is 1.97 bits per heavy atom. The van der Waals surface area contributed by atoms with Gasteiger partial charge < -0.3 is 10.1 Å². The van der Waals surface area contributed by atoms with E-state index < -0.39 is 5.51 Å². The fourth-order valence-corrected chi connectivity index (χ4v) is 4.28. The van der Waals surface area contributed by atoms with Crippen LogP contribution in [0.3, 0.4) is 0 Å². The summed E-state index contributed by atoms with van der Waals surface area (Å²) >= 11 is -0.196. The van der Waals surface area contributed by atoms with Gasteiger partial charge in [-0.25, -0.2) is 9.97 Å². The molecule has 4 rings (SSSR count). The molecule has 0 radical (unpaired) electrons. The van der Waals surface area contributed by atoms with E-state index in [9.17, 15) is 18.0 Å². The first kappa shape index (κ1) is 25.7. The number of nitrogens with one attached hydrogen (secondary N) is 1. The van der Waals surface area contributed by atoms with Crippen molar-refractivity contribution in [3.8, 4) is 17.1 Å². The number of rotatable bonds is 9. The average molecular weight is 515 g/mol. The number of aliphatic imine (C=N–C) groups is 1. The Morgan fingerprint density at radius 1 is 1.14 bits per heavy atom. The summed E-state index contributed by atoms with van der Waals surface area (Å²) in [6.07, 6.45) is 6.04. The zero-order chi connectivity index (χ0) is 25.7. The number of allylic oxidation sites excluding steroid dienone is 1. The number of aromatic nitrogens is 2. The van der Waals surface area contributed by atoms with E-state index in [-0.39, 0.29) is 34.5 Å². The summed E-state index contributed by atoms with van der Waals surface area (Å²) in [6, 6.07) is 11.0. The van der Waals surface area contributed by atoms with E-state index in [0.29, 0.717) is 34.4 Å². The van der Waals surface area contributed by atoms with Crippen molar-refractivity contribution in [1.82, 2.24) is 15.3 Å². The maximum absolute atomic E-state index is 12.9. The van der Waals surface area contributed by atoms with Crippen LogP contribution >= 0.6 is 11.8 Å². The van der Waals surface area contributed by atoms with Gasteiger partial charge in [0.2, 0.25) is 5.88 Å². The highest BCUT2D eigenvalue weighted by Crippen LogP contribution is 2.39. The number of halogens is 3. The van der Waals surface area contributed by atoms with Gasteiger partial charge in [0.25, 0.3) is 5.91 Å². The topological polar surface area (TPSA) is 76.5 Å². The average Bonchev–Trinajstić information content (AvgIpc) is 3.33. The van der Waals surface area contributed by atoms with Crippen molar-refractivity contribution in [1.29, 1.82) is 0 Å². The highest BCUT2D eigenvalue weighted by Gasteiger charge is 2.29. The van der Waals surface area contributed by atoms with Gasteiger partial charge in [-0.15, -0.1) is 0 Å². The molecule has 10 heteroatoms. The molecule has 0 bridgehead atoms. The largest absolute Gasteiger partial charge is 0.473 e. The molecule has 2 aromatic carbocycles. The van der Waals surface area contributed by atoms with Gasteiger partial charge in [-0.05, 0) is 68.8 Å². The summed E-state index contributed by atoms with van der Waals surface area (Å²) in [5.41, 5.74) is -1.18. The first-order valence-corrected chi connectivity index (χ1v) is 12.3. The molecule has 0 saturated carbocycles. The molecule has 188 valence electrons. The van der Waals surface area contributed by atoms with Gasteiger partial charge in [-0.2, -0.15) is 13.2 Å². The van der Waals surface area contributed by atoms with Gasteiger partial charge >= 0.3 is 5.51 Å². The van der Waals surface area contributed by atoms with E-state index in [0.717, 1.165) is 25.0 Å². The lowest BCUT2D eigenvalue weighted by molar-refractivity contribution is -0.0328. The molecule has 1 aliphatic rings. The fourth-order valence-electron chi connectivity index (χ4n) is 3.68. The quantitative estimate of drug-likeness (QED) is 0.258. The highest BCUT2D eigenvalue weighted by molar-refractivity contribution is 8.00.